The number of esters is 1. The van der Waals surface area contributed by atoms with Gasteiger partial charge in [-0.05, 0) is 80.5 Å². The number of nitrogens with zero attached hydrogens (tertiary/aromatic N) is 2. The van der Waals surface area contributed by atoms with Crippen molar-refractivity contribution < 1.29 is 37.8 Å². The van der Waals surface area contributed by atoms with Crippen LogP contribution in [-0.4, -0.2) is 91.1 Å². The molecule has 3 atom stereocenters. The summed E-state index contributed by atoms with van der Waals surface area (Å²) < 4.78 is 35.3. The number of sulfonamides is 1. The minimum absolute atomic E-state index is 0.0223. The number of carbonyl (C=O) groups is 3. The Morgan fingerprint density at radius 3 is 2.50 bits per heavy atom. The summed E-state index contributed by atoms with van der Waals surface area (Å²) in [6.45, 7) is 5.80. The molecule has 0 unspecified atom stereocenters. The van der Waals surface area contributed by atoms with Gasteiger partial charge < -0.3 is 30.5 Å². The van der Waals surface area contributed by atoms with Crippen molar-refractivity contribution in [2.45, 2.75) is 63.1 Å². The van der Waals surface area contributed by atoms with E-state index in [1.165, 1.54) is 4.90 Å². The number of carboxylic acid groups (broad SMARTS) is 2. The maximum atomic E-state index is 14.0. The van der Waals surface area contributed by atoms with Gasteiger partial charge in [0.25, 0.3) is 0 Å². The number of carbonyl (C=O) groups excluding carboxylic acids is 2. The van der Waals surface area contributed by atoms with E-state index in [1.54, 1.807) is 43.3 Å². The van der Waals surface area contributed by atoms with E-state index in [2.05, 4.69) is 9.62 Å². The molecular weight excluding hydrogens is 590 g/mol. The summed E-state index contributed by atoms with van der Waals surface area (Å²) >= 11 is 0. The molecule has 14 heteroatoms. The average Bonchev–Trinajstić information content (AvgIpc) is 2.96. The number of amidine groups is 1. The standard InChI is InChI=1S/C29H39N5O5S.CH2O3/c1-4-39-29(36)26-14-19(2)10-13-34(26)28(35)25(16-20-6-5-7-22(15-20)27(30)31)32-40(37,38)24-9-8-21-11-12-33(3)18-23(21)17-24;2-1(3)4/h5-9,15,17,19,25-26,32H,4,10-14,16,18H2,1-3H3,(H3,30,31);(H2,2,3,4)/t19-,25-,26-;/m1./s1. The van der Waals surface area contributed by atoms with Gasteiger partial charge in [-0.15, -0.1) is 0 Å². The van der Waals surface area contributed by atoms with Crippen molar-refractivity contribution in [3.05, 3.63) is 64.7 Å². The van der Waals surface area contributed by atoms with Crippen LogP contribution in [0.4, 0.5) is 4.79 Å². The van der Waals surface area contributed by atoms with E-state index in [0.717, 1.165) is 24.1 Å². The Morgan fingerprint density at radius 2 is 1.84 bits per heavy atom. The van der Waals surface area contributed by atoms with Crippen molar-refractivity contribution in [2.24, 2.45) is 11.7 Å². The first-order chi connectivity index (χ1) is 20.7. The van der Waals surface area contributed by atoms with Gasteiger partial charge in [-0.25, -0.2) is 18.0 Å². The Labute approximate surface area is 257 Å². The van der Waals surface area contributed by atoms with E-state index in [1.807, 2.05) is 20.0 Å². The summed E-state index contributed by atoms with van der Waals surface area (Å²) in [5, 5.41) is 21.7. The van der Waals surface area contributed by atoms with Gasteiger partial charge in [-0.1, -0.05) is 31.2 Å². The van der Waals surface area contributed by atoms with E-state index in [9.17, 15) is 18.0 Å². The number of fused-ring (bicyclic) bond motifs is 1. The molecule has 4 rings (SSSR count). The third kappa shape index (κ3) is 9.24. The molecule has 6 N–H and O–H groups in total. The molecule has 2 aromatic carbocycles. The second kappa shape index (κ2) is 15.1. The van der Waals surface area contributed by atoms with Gasteiger partial charge in [-0.2, -0.15) is 4.72 Å². The molecule has 0 aliphatic carbocycles. The molecule has 0 aromatic heterocycles. The largest absolute Gasteiger partial charge is 0.503 e. The van der Waals surface area contributed by atoms with E-state index >= 15 is 0 Å². The van der Waals surface area contributed by atoms with Gasteiger partial charge in [0.05, 0.1) is 11.5 Å². The monoisotopic (exact) mass is 631 g/mol. The van der Waals surface area contributed by atoms with Crippen molar-refractivity contribution in [3.63, 3.8) is 0 Å². The second-order valence-corrected chi connectivity index (χ2v) is 12.8. The minimum Gasteiger partial charge on any atom is -0.464 e. The zero-order valence-electron chi connectivity index (χ0n) is 25.2. The molecule has 2 heterocycles. The van der Waals surface area contributed by atoms with Crippen LogP contribution in [0.25, 0.3) is 0 Å². The lowest BCUT2D eigenvalue weighted by Crippen LogP contribution is -2.57. The number of ether oxygens (including phenoxy) is 1. The van der Waals surface area contributed by atoms with Gasteiger partial charge in [0, 0.05) is 25.2 Å². The van der Waals surface area contributed by atoms with Crippen LogP contribution in [0.15, 0.2) is 47.4 Å². The zero-order valence-corrected chi connectivity index (χ0v) is 26.0. The molecule has 0 spiro atoms. The summed E-state index contributed by atoms with van der Waals surface area (Å²) in [7, 11) is -2.11. The van der Waals surface area contributed by atoms with Crippen molar-refractivity contribution in [1.29, 1.82) is 5.41 Å². The molecule has 0 saturated carbocycles. The molecule has 2 aliphatic heterocycles. The number of piperidine rings is 1. The molecule has 13 nitrogen and oxygen atoms in total. The molecule has 0 bridgehead atoms. The number of benzene rings is 2. The van der Waals surface area contributed by atoms with E-state index in [4.69, 9.17) is 30.9 Å². The third-order valence-electron chi connectivity index (χ3n) is 7.67. The normalized spacial score (nSPS) is 19.1. The molecule has 1 saturated heterocycles. The zero-order chi connectivity index (χ0) is 32.6. The minimum atomic E-state index is -4.10. The summed E-state index contributed by atoms with van der Waals surface area (Å²) in [5.74, 6) is -0.882. The predicted molar refractivity (Wildman–Crippen MR) is 163 cm³/mol. The molecule has 1 amide bonds. The number of amides is 1. The van der Waals surface area contributed by atoms with Crippen LogP contribution in [0.1, 0.15) is 48.9 Å². The molecule has 1 fully saturated rings. The van der Waals surface area contributed by atoms with Crippen LogP contribution in [0.5, 0.6) is 0 Å². The number of nitrogen functional groups attached to an aromatic ring is 1. The number of hydrogen-bond acceptors (Lipinski definition) is 8. The first kappa shape index (κ1) is 34.5. The van der Waals surface area contributed by atoms with Gasteiger partial charge in [0.15, 0.2) is 0 Å². The molecular formula is C30H41N5O8S. The molecule has 240 valence electrons. The highest BCUT2D eigenvalue weighted by Crippen LogP contribution is 2.26. The van der Waals surface area contributed by atoms with Crippen molar-refractivity contribution >= 4 is 33.9 Å². The second-order valence-electron chi connectivity index (χ2n) is 11.1. The highest BCUT2D eigenvalue weighted by Gasteiger charge is 2.39. The summed E-state index contributed by atoms with van der Waals surface area (Å²) in [4.78, 5) is 39.1. The lowest BCUT2D eigenvalue weighted by Gasteiger charge is -2.38. The van der Waals surface area contributed by atoms with E-state index < -0.39 is 40.1 Å². The number of nitrogens with one attached hydrogen (secondary N) is 2. The number of rotatable bonds is 9. The first-order valence-corrected chi connectivity index (χ1v) is 15.8. The molecule has 2 aromatic rings. The fourth-order valence-corrected chi connectivity index (χ4v) is 6.68. The number of hydrogen-bond donors (Lipinski definition) is 5. The van der Waals surface area contributed by atoms with E-state index in [0.29, 0.717) is 37.1 Å². The Kier molecular flexibility index (Phi) is 11.9. The van der Waals surface area contributed by atoms with Crippen molar-refractivity contribution in [3.8, 4) is 0 Å². The summed E-state index contributed by atoms with van der Waals surface area (Å²) in [6, 6.07) is 9.95. The maximum absolute atomic E-state index is 14.0. The highest BCUT2D eigenvalue weighted by atomic mass is 32.2. The van der Waals surface area contributed by atoms with E-state index in [-0.39, 0.29) is 29.7 Å². The van der Waals surface area contributed by atoms with Crippen molar-refractivity contribution in [2.75, 3.05) is 26.7 Å². The molecule has 0 radical (unpaired) electrons. The van der Waals surface area contributed by atoms with Gasteiger partial charge in [0.1, 0.15) is 17.9 Å². The lowest BCUT2D eigenvalue weighted by molar-refractivity contribution is -0.158. The number of likely N-dealkylation sites (N-methyl/N-ethyl adjacent to an activating group) is 1. The summed E-state index contributed by atoms with van der Waals surface area (Å²) in [6.07, 6.45) is 0.172. The first-order valence-electron chi connectivity index (χ1n) is 14.4. The molecule has 2 aliphatic rings. The predicted octanol–water partition coefficient (Wildman–Crippen LogP) is 2.26. The van der Waals surface area contributed by atoms with Crippen molar-refractivity contribution in [1.82, 2.24) is 14.5 Å². The SMILES string of the molecule is CCOC(=O)[C@H]1C[C@H](C)CCN1C(=O)[C@@H](Cc1cccc(C(=N)N)c1)NS(=O)(=O)c1ccc2c(c1)CN(C)CC2.O=C(O)O. The van der Waals surface area contributed by atoms with Crippen LogP contribution in [0.3, 0.4) is 0 Å². The topological polar surface area (TPSA) is 203 Å². The van der Waals surface area contributed by atoms with Crippen LogP contribution < -0.4 is 10.5 Å². The average molecular weight is 632 g/mol. The van der Waals surface area contributed by atoms with Gasteiger partial charge in [0.2, 0.25) is 15.9 Å². The smallest absolute Gasteiger partial charge is 0.464 e. The summed E-state index contributed by atoms with van der Waals surface area (Å²) in [5.41, 5.74) is 8.84. The van der Waals surface area contributed by atoms with Crippen LogP contribution in [0, 0.1) is 11.3 Å². The highest BCUT2D eigenvalue weighted by molar-refractivity contribution is 7.89. The van der Waals surface area contributed by atoms with Gasteiger partial charge >= 0.3 is 12.1 Å². The Morgan fingerprint density at radius 1 is 1.14 bits per heavy atom. The van der Waals surface area contributed by atoms with Crippen LogP contribution in [-0.2, 0) is 43.7 Å². The quantitative estimate of drug-likeness (QED) is 0.155. The Balaban J connectivity index is 0.00000124. The van der Waals surface area contributed by atoms with Crippen LogP contribution in [0.2, 0.25) is 0 Å². The number of nitrogens with two attached hydrogens (primary N) is 1. The Bertz CT molecular complexity index is 1480. The maximum Gasteiger partial charge on any atom is 0.503 e. The fourth-order valence-electron chi connectivity index (χ4n) is 5.45. The lowest BCUT2D eigenvalue weighted by atomic mass is 9.91. The molecule has 44 heavy (non-hydrogen) atoms. The van der Waals surface area contributed by atoms with Gasteiger partial charge in [-0.3, -0.25) is 10.2 Å². The van der Waals surface area contributed by atoms with Crippen LogP contribution >= 0.6 is 0 Å². The Hall–Kier alpha value is -4.01. The third-order valence-corrected chi connectivity index (χ3v) is 9.14. The number of likely N-dealkylation sites (tertiary alicyclic amines) is 1. The fraction of sp³-hybridized carbons (Fsp3) is 0.467.